The lowest BCUT2D eigenvalue weighted by Gasteiger charge is -2.38. The summed E-state index contributed by atoms with van der Waals surface area (Å²) in [6, 6.07) is 28.5. The summed E-state index contributed by atoms with van der Waals surface area (Å²) in [7, 11) is 1.75. The fourth-order valence-corrected chi connectivity index (χ4v) is 7.82. The molecule has 0 unspecified atom stereocenters. The maximum absolute atomic E-state index is 12.5. The summed E-state index contributed by atoms with van der Waals surface area (Å²) in [5.41, 5.74) is 9.06. The van der Waals surface area contributed by atoms with E-state index in [0.717, 1.165) is 14.7 Å². The second kappa shape index (κ2) is 14.7. The van der Waals surface area contributed by atoms with Crippen LogP contribution in [0, 0.1) is 7.14 Å². The molecule has 2 N–H and O–H groups in total. The van der Waals surface area contributed by atoms with Crippen LogP contribution in [0.3, 0.4) is 0 Å². The first kappa shape index (κ1) is 32.3. The number of hydrogen-bond donors (Lipinski definition) is 1. The van der Waals surface area contributed by atoms with E-state index in [1.54, 1.807) is 30.2 Å². The van der Waals surface area contributed by atoms with E-state index < -0.39 is 11.5 Å². The number of ether oxygens (including phenoxy) is 1. The van der Waals surface area contributed by atoms with E-state index in [1.165, 1.54) is 0 Å². The van der Waals surface area contributed by atoms with Crippen molar-refractivity contribution in [1.29, 1.82) is 0 Å². The van der Waals surface area contributed by atoms with Gasteiger partial charge in [-0.1, -0.05) is 101 Å². The van der Waals surface area contributed by atoms with E-state index in [4.69, 9.17) is 10.5 Å². The van der Waals surface area contributed by atoms with Crippen molar-refractivity contribution in [3.8, 4) is 11.1 Å². The normalized spacial score (nSPS) is 11.0. The molecule has 42 heavy (non-hydrogen) atoms. The van der Waals surface area contributed by atoms with Crippen LogP contribution in [0.5, 0.6) is 0 Å². The zero-order valence-corrected chi connectivity index (χ0v) is 29.0. The Morgan fingerprint density at radius 3 is 2.05 bits per heavy atom. The third kappa shape index (κ3) is 6.62. The molecule has 0 aliphatic rings. The van der Waals surface area contributed by atoms with Gasteiger partial charge in [-0.2, -0.15) is 4.99 Å². The second-order valence-electron chi connectivity index (χ2n) is 9.27. The third-order valence-electron chi connectivity index (χ3n) is 6.83. The lowest BCUT2D eigenvalue weighted by Crippen LogP contribution is -2.38. The van der Waals surface area contributed by atoms with Crippen LogP contribution in [-0.4, -0.2) is 47.4 Å². The zero-order valence-electron chi connectivity index (χ0n) is 22.5. The minimum Gasteiger partial charge on any atom is -0.366 e. The molecule has 7 nitrogen and oxygen atoms in total. The van der Waals surface area contributed by atoms with Crippen LogP contribution >= 0.6 is 67.8 Å². The number of amides is 2. The molecule has 0 heterocycles. The molecule has 4 aromatic carbocycles. The molecule has 0 aromatic heterocycles. The Kier molecular flexibility index (Phi) is 11.3. The maximum Gasteiger partial charge on any atom is 0.249 e. The predicted octanol–water partition coefficient (Wildman–Crippen LogP) is 6.83. The monoisotopic (exact) mass is 897 g/mol. The second-order valence-corrected chi connectivity index (χ2v) is 12.2. The summed E-state index contributed by atoms with van der Waals surface area (Å²) in [6.45, 7) is 0.575. The Hall–Kier alpha value is -2.65. The van der Waals surface area contributed by atoms with Gasteiger partial charge in [0.15, 0.2) is 0 Å². The van der Waals surface area contributed by atoms with Gasteiger partial charge >= 0.3 is 0 Å². The smallest absolute Gasteiger partial charge is 0.249 e. The Labute approximate surface area is 285 Å². The Morgan fingerprint density at radius 2 is 1.50 bits per heavy atom. The van der Waals surface area contributed by atoms with Crippen molar-refractivity contribution >= 4 is 91.4 Å². The fraction of sp³-hybridized carbons (Fsp3) is 0.156. The summed E-state index contributed by atoms with van der Waals surface area (Å²) in [4.78, 5) is 42.2. The Morgan fingerprint density at radius 1 is 0.929 bits per heavy atom. The summed E-state index contributed by atoms with van der Waals surface area (Å²) < 4.78 is 8.76. The highest BCUT2D eigenvalue weighted by molar-refractivity contribution is 14.1. The minimum atomic E-state index is -1.18. The third-order valence-corrected chi connectivity index (χ3v) is 9.70. The molecular formula is C32H26I3N3O4. The summed E-state index contributed by atoms with van der Waals surface area (Å²) in [5.74, 6) is -0.569. The molecule has 0 spiro atoms. The van der Waals surface area contributed by atoms with Crippen LogP contribution in [0.1, 0.15) is 27.0 Å². The van der Waals surface area contributed by atoms with Crippen molar-refractivity contribution in [2.24, 2.45) is 10.7 Å². The van der Waals surface area contributed by atoms with Crippen LogP contribution in [0.25, 0.3) is 11.1 Å². The number of carbonyl (C=O) groups excluding carboxylic acids is 3. The number of rotatable bonds is 11. The summed E-state index contributed by atoms with van der Waals surface area (Å²) in [6.07, 6.45) is 1.69. The number of benzene rings is 4. The molecule has 214 valence electrons. The first-order chi connectivity index (χ1) is 20.3. The number of primary amides is 1. The molecule has 0 bridgehead atoms. The average molecular weight is 897 g/mol. The highest BCUT2D eigenvalue weighted by atomic mass is 127. The topological polar surface area (TPSA) is 102 Å². The van der Waals surface area contributed by atoms with E-state index in [1.807, 2.05) is 78.9 Å². The summed E-state index contributed by atoms with van der Waals surface area (Å²) in [5, 5.41) is 0. The van der Waals surface area contributed by atoms with E-state index in [9.17, 15) is 14.4 Å². The first-order valence-corrected chi connectivity index (χ1v) is 16.5. The number of likely N-dealkylation sites (N-methyl/N-ethyl adjacent to an activating group) is 1. The van der Waals surface area contributed by atoms with Crippen molar-refractivity contribution in [1.82, 2.24) is 4.90 Å². The molecule has 10 heteroatoms. The van der Waals surface area contributed by atoms with Crippen LogP contribution < -0.4 is 5.73 Å². The minimum absolute atomic E-state index is 0.000944. The van der Waals surface area contributed by atoms with E-state index >= 15 is 0 Å². The van der Waals surface area contributed by atoms with Gasteiger partial charge in [-0.15, -0.1) is 0 Å². The van der Waals surface area contributed by atoms with Gasteiger partial charge in [0.2, 0.25) is 17.9 Å². The molecule has 4 aromatic rings. The van der Waals surface area contributed by atoms with E-state index in [2.05, 4.69) is 72.8 Å². The molecule has 0 aliphatic heterocycles. The van der Waals surface area contributed by atoms with Gasteiger partial charge in [-0.25, -0.2) is 4.79 Å². The zero-order chi connectivity index (χ0) is 30.3. The van der Waals surface area contributed by atoms with Gasteiger partial charge in [-0.05, 0) is 74.0 Å². The van der Waals surface area contributed by atoms with Gasteiger partial charge < -0.3 is 15.4 Å². The van der Waals surface area contributed by atoms with Crippen molar-refractivity contribution < 1.29 is 19.1 Å². The predicted molar refractivity (Wildman–Crippen MR) is 189 cm³/mol. The molecule has 0 saturated carbocycles. The number of nitrogens with two attached hydrogens (primary N) is 1. The van der Waals surface area contributed by atoms with Gasteiger partial charge in [0, 0.05) is 37.4 Å². The molecule has 0 aliphatic carbocycles. The van der Waals surface area contributed by atoms with Crippen molar-refractivity contribution in [2.45, 2.75) is 5.60 Å². The molecular weight excluding hydrogens is 871 g/mol. The molecule has 0 saturated heterocycles. The lowest BCUT2D eigenvalue weighted by molar-refractivity contribution is -0.128. The van der Waals surface area contributed by atoms with Crippen LogP contribution in [0.2, 0.25) is 0 Å². The van der Waals surface area contributed by atoms with Gasteiger partial charge in [0.1, 0.15) is 5.60 Å². The number of hydrogen-bond acceptors (Lipinski definition) is 5. The van der Waals surface area contributed by atoms with Gasteiger partial charge in [0.25, 0.3) is 0 Å². The largest absolute Gasteiger partial charge is 0.366 e. The number of carbonyl (C=O) groups is 2. The van der Waals surface area contributed by atoms with E-state index in [-0.39, 0.29) is 12.5 Å². The van der Waals surface area contributed by atoms with E-state index in [0.29, 0.717) is 42.5 Å². The van der Waals surface area contributed by atoms with Crippen molar-refractivity contribution in [3.63, 3.8) is 0 Å². The van der Waals surface area contributed by atoms with Gasteiger partial charge in [0.05, 0.1) is 16.7 Å². The average Bonchev–Trinajstić information content (AvgIpc) is 3.01. The molecule has 4 rings (SSSR count). The van der Waals surface area contributed by atoms with Gasteiger partial charge in [-0.3, -0.25) is 9.59 Å². The molecule has 0 atom stereocenters. The molecule has 0 fully saturated rings. The van der Waals surface area contributed by atoms with Crippen molar-refractivity contribution in [3.05, 3.63) is 120 Å². The molecule has 2 amide bonds. The number of nitrogens with zero attached hydrogens (tertiary/aromatic N) is 2. The Bertz CT molecular complexity index is 1600. The molecule has 0 radical (unpaired) electrons. The van der Waals surface area contributed by atoms with Crippen LogP contribution in [0.15, 0.2) is 96.0 Å². The fourth-order valence-electron chi connectivity index (χ4n) is 4.79. The first-order valence-electron chi connectivity index (χ1n) is 12.8. The number of isocyanates is 1. The SMILES string of the molecule is CN(CCOC(c1ccccc1)(c1ccccc1)c1cc(N=C=O)c(I)c(-c2ccccc2C(N)=O)c1I)C(=O)CI. The lowest BCUT2D eigenvalue weighted by atomic mass is 9.78. The number of halogens is 3. The highest BCUT2D eigenvalue weighted by Gasteiger charge is 2.41. The highest BCUT2D eigenvalue weighted by Crippen LogP contribution is 2.48. The standard InChI is InChI=1S/C32H26I3N3O4/c1-38(27(40)19-33)16-17-42-32(21-10-4-2-5-11-21,22-12-6-3-7-13-22)25-18-26(37-20-39)30(35)28(29(25)34)23-14-8-9-15-24(23)31(36)41/h2-15,18H,16-17,19H2,1H3,(H2,36,41). The maximum atomic E-state index is 12.5. The quantitative estimate of drug-likeness (QED) is 0.0587. The summed E-state index contributed by atoms with van der Waals surface area (Å²) >= 11 is 6.47. The number of aliphatic imine (C=N–C) groups is 1. The van der Waals surface area contributed by atoms with Crippen LogP contribution in [0.4, 0.5) is 5.69 Å². The van der Waals surface area contributed by atoms with Crippen molar-refractivity contribution in [2.75, 3.05) is 24.6 Å². The number of alkyl halides is 1. The van der Waals surface area contributed by atoms with Crippen LogP contribution in [-0.2, 0) is 19.9 Å². The Balaban J connectivity index is 2.10.